The Morgan fingerprint density at radius 3 is 2.65 bits per heavy atom. The Labute approximate surface area is 198 Å². The summed E-state index contributed by atoms with van der Waals surface area (Å²) in [5.41, 5.74) is 2.61. The first-order valence-electron chi connectivity index (χ1n) is 10.1. The number of alkyl halides is 3. The number of pyridine rings is 1. The van der Waals surface area contributed by atoms with Crippen molar-refractivity contribution >= 4 is 51.7 Å². The molecule has 0 aliphatic heterocycles. The second-order valence-corrected chi connectivity index (χ2v) is 7.55. The smallest absolute Gasteiger partial charge is 0.346 e. The molecule has 6 nitrogen and oxygen atoms in total. The second kappa shape index (κ2) is 9.11. The van der Waals surface area contributed by atoms with Gasteiger partial charge in [-0.05, 0) is 54.1 Å². The van der Waals surface area contributed by atoms with Crippen LogP contribution in [0.1, 0.15) is 11.1 Å². The van der Waals surface area contributed by atoms with E-state index >= 15 is 0 Å². The highest BCUT2D eigenvalue weighted by Gasteiger charge is 2.30. The Kier molecular flexibility index (Phi) is 6.21. The molecule has 0 saturated carbocycles. The molecule has 0 unspecified atom stereocenters. The van der Waals surface area contributed by atoms with Crippen molar-refractivity contribution in [1.29, 1.82) is 0 Å². The first-order valence-corrected chi connectivity index (χ1v) is 10.1. The van der Waals surface area contributed by atoms with E-state index in [4.69, 9.17) is 0 Å². The first kappa shape index (κ1) is 23.2. The number of nitrogens with zero attached hydrogens (tertiary/aromatic N) is 2. The van der Waals surface area contributed by atoms with E-state index in [2.05, 4.69) is 25.2 Å². The molecular weight excluding hydrogens is 467 g/mol. The van der Waals surface area contributed by atoms with Crippen LogP contribution in [0.2, 0.25) is 0 Å². The number of benzene rings is 2. The normalized spacial score (nSPS) is 11.4. The number of hydrogen-bond donors (Lipinski definition) is 3. The Hall–Kier alpha value is -3.98. The lowest BCUT2D eigenvalue weighted by Gasteiger charge is -2.12. The van der Waals surface area contributed by atoms with E-state index in [1.807, 2.05) is 42.7 Å². The zero-order valence-corrected chi connectivity index (χ0v) is 18.4. The van der Waals surface area contributed by atoms with E-state index < -0.39 is 17.8 Å². The van der Waals surface area contributed by atoms with Gasteiger partial charge in [0.1, 0.15) is 5.65 Å². The molecule has 3 aromatic heterocycles. The molecule has 2 aromatic carbocycles. The number of carbonyl (C=O) groups is 1. The standard InChI is InChI=1S/C24H18F3N5O.ClH/c25-24(26,27)16-3-1-4-17(13-16)30-23(33)31-20-5-2-6-21-19(20)9-12-32(21)14-15-7-10-28-22-18(15)8-11-29-22;/h1-13H,14H2,(H,28,29)(H2,30,31,33);1H. The highest BCUT2D eigenvalue weighted by atomic mass is 35.5. The summed E-state index contributed by atoms with van der Waals surface area (Å²) in [7, 11) is 0. The maximum Gasteiger partial charge on any atom is 0.416 e. The van der Waals surface area contributed by atoms with Crippen molar-refractivity contribution in [3.63, 3.8) is 0 Å². The second-order valence-electron chi connectivity index (χ2n) is 7.55. The maximum absolute atomic E-state index is 12.9. The van der Waals surface area contributed by atoms with Crippen molar-refractivity contribution in [3.8, 4) is 0 Å². The Morgan fingerprint density at radius 1 is 1.00 bits per heavy atom. The number of aromatic nitrogens is 3. The van der Waals surface area contributed by atoms with Gasteiger partial charge < -0.3 is 20.2 Å². The molecule has 5 rings (SSSR count). The fourth-order valence-electron chi connectivity index (χ4n) is 3.87. The molecule has 174 valence electrons. The number of carbonyl (C=O) groups excluding carboxylic acids is 1. The molecule has 2 amide bonds. The number of rotatable bonds is 4. The lowest BCUT2D eigenvalue weighted by Crippen LogP contribution is -2.20. The third-order valence-corrected chi connectivity index (χ3v) is 5.40. The third-order valence-electron chi connectivity index (χ3n) is 5.40. The van der Waals surface area contributed by atoms with Crippen LogP contribution in [0.5, 0.6) is 0 Å². The summed E-state index contributed by atoms with van der Waals surface area (Å²) in [6.45, 7) is 0.611. The largest absolute Gasteiger partial charge is 0.416 e. The van der Waals surface area contributed by atoms with Crippen molar-refractivity contribution in [2.75, 3.05) is 10.6 Å². The van der Waals surface area contributed by atoms with Crippen LogP contribution in [0.15, 0.2) is 79.3 Å². The molecule has 0 atom stereocenters. The number of urea groups is 1. The van der Waals surface area contributed by atoms with Crippen LogP contribution in [-0.2, 0) is 12.7 Å². The monoisotopic (exact) mass is 485 g/mol. The Balaban J connectivity index is 0.00000274. The van der Waals surface area contributed by atoms with Crippen molar-refractivity contribution in [2.45, 2.75) is 12.7 Å². The van der Waals surface area contributed by atoms with Crippen molar-refractivity contribution in [1.82, 2.24) is 14.5 Å². The van der Waals surface area contributed by atoms with E-state index in [1.54, 1.807) is 12.3 Å². The number of aromatic amines is 1. The fourth-order valence-corrected chi connectivity index (χ4v) is 3.87. The minimum absolute atomic E-state index is 0. The number of anilines is 2. The summed E-state index contributed by atoms with van der Waals surface area (Å²) >= 11 is 0. The highest BCUT2D eigenvalue weighted by Crippen LogP contribution is 2.31. The first-order chi connectivity index (χ1) is 15.9. The van der Waals surface area contributed by atoms with Gasteiger partial charge in [0.05, 0.1) is 16.8 Å². The molecule has 0 spiro atoms. The van der Waals surface area contributed by atoms with Gasteiger partial charge >= 0.3 is 12.2 Å². The summed E-state index contributed by atoms with van der Waals surface area (Å²) in [6.07, 6.45) is 1.05. The van der Waals surface area contributed by atoms with Gasteiger partial charge in [-0.1, -0.05) is 12.1 Å². The topological polar surface area (TPSA) is 74.7 Å². The van der Waals surface area contributed by atoms with Gasteiger partial charge in [0, 0.05) is 41.6 Å². The van der Waals surface area contributed by atoms with Crippen LogP contribution in [0.4, 0.5) is 29.3 Å². The van der Waals surface area contributed by atoms with Gasteiger partial charge in [-0.3, -0.25) is 0 Å². The average Bonchev–Trinajstić information content (AvgIpc) is 3.42. The van der Waals surface area contributed by atoms with Crippen molar-refractivity contribution < 1.29 is 18.0 Å². The summed E-state index contributed by atoms with van der Waals surface area (Å²) in [4.78, 5) is 19.9. The summed E-state index contributed by atoms with van der Waals surface area (Å²) < 4.78 is 40.8. The van der Waals surface area contributed by atoms with Gasteiger partial charge in [0.2, 0.25) is 0 Å². The highest BCUT2D eigenvalue weighted by molar-refractivity contribution is 6.05. The fraction of sp³-hybridized carbons (Fsp3) is 0.0833. The molecule has 0 bridgehead atoms. The van der Waals surface area contributed by atoms with E-state index in [0.29, 0.717) is 12.2 Å². The van der Waals surface area contributed by atoms with Crippen LogP contribution >= 0.6 is 12.4 Å². The lowest BCUT2D eigenvalue weighted by atomic mass is 10.2. The molecule has 10 heteroatoms. The van der Waals surface area contributed by atoms with Crippen molar-refractivity contribution in [2.24, 2.45) is 0 Å². The summed E-state index contributed by atoms with van der Waals surface area (Å²) in [5, 5.41) is 7.05. The van der Waals surface area contributed by atoms with Gasteiger partial charge in [-0.15, -0.1) is 12.4 Å². The number of hydrogen-bond acceptors (Lipinski definition) is 2. The molecular formula is C24H19ClF3N5O. The van der Waals surface area contributed by atoms with Crippen LogP contribution in [0.25, 0.3) is 21.9 Å². The van der Waals surface area contributed by atoms with Gasteiger partial charge in [0.25, 0.3) is 0 Å². The number of fused-ring (bicyclic) bond motifs is 2. The van der Waals surface area contributed by atoms with Crippen LogP contribution < -0.4 is 10.6 Å². The average molecular weight is 486 g/mol. The number of H-pyrrole nitrogens is 1. The quantitative estimate of drug-likeness (QED) is 0.266. The number of nitrogens with one attached hydrogen (secondary N) is 3. The van der Waals surface area contributed by atoms with Crippen LogP contribution in [0, 0.1) is 0 Å². The Bertz CT molecular complexity index is 1470. The van der Waals surface area contributed by atoms with Crippen LogP contribution in [-0.4, -0.2) is 20.6 Å². The van der Waals surface area contributed by atoms with E-state index in [0.717, 1.165) is 39.6 Å². The molecule has 34 heavy (non-hydrogen) atoms. The Morgan fingerprint density at radius 2 is 1.82 bits per heavy atom. The molecule has 0 aliphatic rings. The van der Waals surface area contributed by atoms with Crippen molar-refractivity contribution in [3.05, 3.63) is 90.4 Å². The lowest BCUT2D eigenvalue weighted by molar-refractivity contribution is -0.137. The molecule has 5 aromatic rings. The molecule has 3 N–H and O–H groups in total. The molecule has 0 radical (unpaired) electrons. The number of amides is 2. The minimum Gasteiger partial charge on any atom is -0.346 e. The third kappa shape index (κ3) is 4.55. The SMILES string of the molecule is Cl.O=C(Nc1cccc(C(F)(F)F)c1)Nc1cccc2c1ccn2Cc1ccnc2[nH]ccc12. The van der Waals surface area contributed by atoms with Gasteiger partial charge in [-0.2, -0.15) is 13.2 Å². The summed E-state index contributed by atoms with van der Waals surface area (Å²) in [6, 6.07) is 15.2. The summed E-state index contributed by atoms with van der Waals surface area (Å²) in [5.74, 6) is 0. The number of halogens is 4. The molecule has 0 aliphatic carbocycles. The zero-order chi connectivity index (χ0) is 23.0. The predicted octanol–water partition coefficient (Wildman–Crippen LogP) is 6.65. The maximum atomic E-state index is 12.9. The molecule has 0 fully saturated rings. The van der Waals surface area contributed by atoms with E-state index in [1.165, 1.54) is 12.1 Å². The van der Waals surface area contributed by atoms with Gasteiger partial charge in [-0.25, -0.2) is 9.78 Å². The molecule has 3 heterocycles. The zero-order valence-electron chi connectivity index (χ0n) is 17.6. The minimum atomic E-state index is -4.48. The van der Waals surface area contributed by atoms with E-state index in [9.17, 15) is 18.0 Å². The predicted molar refractivity (Wildman–Crippen MR) is 128 cm³/mol. The van der Waals surface area contributed by atoms with Crippen LogP contribution in [0.3, 0.4) is 0 Å². The molecule has 0 saturated heterocycles. The van der Waals surface area contributed by atoms with Gasteiger partial charge in [0.15, 0.2) is 0 Å². The van der Waals surface area contributed by atoms with E-state index in [-0.39, 0.29) is 18.1 Å².